The summed E-state index contributed by atoms with van der Waals surface area (Å²) < 4.78 is 0. The Balaban J connectivity index is 0. The molecule has 1 atom stereocenters. The molecular weight excluding hydrogens is 317 g/mol. The molecule has 84 valence electrons. The molecule has 0 bridgehead atoms. The number of nitrogens with zero attached hydrogens (tertiary/aromatic N) is 1. The molecular formula is C10H21ErNO. The summed E-state index contributed by atoms with van der Waals surface area (Å²) in [5, 5.41) is 10.2. The van der Waals surface area contributed by atoms with E-state index in [4.69, 9.17) is 0 Å². The summed E-state index contributed by atoms with van der Waals surface area (Å²) >= 11 is 0. The monoisotopic (exact) mass is 337 g/mol. The maximum atomic E-state index is 10.2. The molecule has 0 aliphatic heterocycles. The molecule has 0 rings (SSSR count). The van der Waals surface area contributed by atoms with E-state index < -0.39 is 5.60 Å². The van der Waals surface area contributed by atoms with Gasteiger partial charge < -0.3 is 5.11 Å². The summed E-state index contributed by atoms with van der Waals surface area (Å²) in [6.45, 7) is 10.7. The molecule has 0 aliphatic rings. The molecule has 0 aromatic heterocycles. The molecule has 0 spiro atoms. The van der Waals surface area contributed by atoms with Crippen LogP contribution in [0.4, 0.5) is 0 Å². The van der Waals surface area contributed by atoms with Gasteiger partial charge in [-0.3, -0.25) is 4.99 Å². The Hall–Kier alpha value is 0.877. The largest absolute Gasteiger partial charge is 0.384 e. The zero-order valence-corrected chi connectivity index (χ0v) is 11.0. The second-order valence-corrected chi connectivity index (χ2v) is 3.49. The van der Waals surface area contributed by atoms with Crippen LogP contribution in [0.15, 0.2) is 4.99 Å². The summed E-state index contributed by atoms with van der Waals surface area (Å²) in [4.78, 5) is 4.26. The second kappa shape index (κ2) is 7.21. The minimum Gasteiger partial charge on any atom is -0.384 e. The van der Waals surface area contributed by atoms with Gasteiger partial charge in [0.1, 0.15) is 5.60 Å². The maximum Gasteiger partial charge on any atom is 0.104 e. The average molecular weight is 339 g/mol. The molecule has 13 heavy (non-hydrogen) atoms. The fourth-order valence-electron chi connectivity index (χ4n) is 1.46. The third-order valence-corrected chi connectivity index (χ3v) is 2.52. The van der Waals surface area contributed by atoms with E-state index in [2.05, 4.69) is 4.99 Å². The van der Waals surface area contributed by atoms with Crippen molar-refractivity contribution in [3.8, 4) is 0 Å². The van der Waals surface area contributed by atoms with E-state index in [1.54, 1.807) is 0 Å². The molecule has 0 aromatic rings. The quantitative estimate of drug-likeness (QED) is 0.784. The van der Waals surface area contributed by atoms with Gasteiger partial charge in [-0.2, -0.15) is 0 Å². The molecule has 1 unspecified atom stereocenters. The third-order valence-electron chi connectivity index (χ3n) is 2.52. The minimum atomic E-state index is -0.698. The van der Waals surface area contributed by atoms with Crippen LogP contribution >= 0.6 is 0 Å². The van der Waals surface area contributed by atoms with Gasteiger partial charge in [-0.25, -0.2) is 0 Å². The summed E-state index contributed by atoms with van der Waals surface area (Å²) in [6, 6.07) is 0. The summed E-state index contributed by atoms with van der Waals surface area (Å²) in [5.41, 5.74) is 0.165. The summed E-state index contributed by atoms with van der Waals surface area (Å²) in [6.07, 6.45) is 0.736. The molecule has 0 saturated heterocycles. The van der Waals surface area contributed by atoms with Gasteiger partial charge in [0.25, 0.3) is 0 Å². The van der Waals surface area contributed by atoms with Crippen LogP contribution in [0, 0.1) is 43.2 Å². The first-order valence-corrected chi connectivity index (χ1v) is 4.72. The maximum absolute atomic E-state index is 10.2. The standard InChI is InChI=1S/C10H21NO.Er/c1-6-10(12,8(3)4)9(5)11-7-2;/h8,12H,6-7H2,1-5H3;. The molecule has 0 aromatic carbocycles. The normalized spacial score (nSPS) is 16.7. The van der Waals surface area contributed by atoms with Crippen molar-refractivity contribution in [3.63, 3.8) is 0 Å². The zero-order chi connectivity index (χ0) is 9.78. The molecule has 3 heteroatoms. The van der Waals surface area contributed by atoms with E-state index in [0.717, 1.165) is 18.7 Å². The fourth-order valence-corrected chi connectivity index (χ4v) is 1.46. The van der Waals surface area contributed by atoms with Crippen molar-refractivity contribution >= 4 is 5.71 Å². The van der Waals surface area contributed by atoms with Gasteiger partial charge in [0.2, 0.25) is 0 Å². The first-order chi connectivity index (χ1) is 5.49. The van der Waals surface area contributed by atoms with Crippen molar-refractivity contribution in [1.29, 1.82) is 0 Å². The predicted octanol–water partition coefficient (Wildman–Crippen LogP) is 2.26. The van der Waals surface area contributed by atoms with Crippen LogP contribution in [0.3, 0.4) is 0 Å². The topological polar surface area (TPSA) is 32.6 Å². The Kier molecular flexibility index (Phi) is 9.04. The van der Waals surface area contributed by atoms with Crippen LogP contribution in [0.1, 0.15) is 41.0 Å². The SMILES string of the molecule is CCN=C(C)C(O)(CC)C(C)C.[Er]. The smallest absolute Gasteiger partial charge is 0.104 e. The number of hydrogen-bond donors (Lipinski definition) is 1. The van der Waals surface area contributed by atoms with Gasteiger partial charge in [-0.05, 0) is 26.2 Å². The van der Waals surface area contributed by atoms with E-state index in [-0.39, 0.29) is 43.2 Å². The van der Waals surface area contributed by atoms with Gasteiger partial charge in [-0.15, -0.1) is 0 Å². The first-order valence-electron chi connectivity index (χ1n) is 4.72. The minimum absolute atomic E-state index is 0. The number of aliphatic imine (C=N–C) groups is 1. The van der Waals surface area contributed by atoms with Crippen molar-refractivity contribution < 1.29 is 42.4 Å². The van der Waals surface area contributed by atoms with Gasteiger partial charge in [-0.1, -0.05) is 20.8 Å². The molecule has 2 nitrogen and oxygen atoms in total. The van der Waals surface area contributed by atoms with Crippen molar-refractivity contribution in [1.82, 2.24) is 0 Å². The van der Waals surface area contributed by atoms with Crippen LogP contribution < -0.4 is 0 Å². The Morgan fingerprint density at radius 1 is 1.38 bits per heavy atom. The van der Waals surface area contributed by atoms with Gasteiger partial charge in [0, 0.05) is 49.6 Å². The van der Waals surface area contributed by atoms with Crippen molar-refractivity contribution in [2.45, 2.75) is 46.6 Å². The van der Waals surface area contributed by atoms with Gasteiger partial charge in [0.05, 0.1) is 0 Å². The van der Waals surface area contributed by atoms with Crippen LogP contribution in [0.2, 0.25) is 0 Å². The Morgan fingerprint density at radius 3 is 2.08 bits per heavy atom. The molecule has 1 N–H and O–H groups in total. The number of hydrogen-bond acceptors (Lipinski definition) is 2. The van der Waals surface area contributed by atoms with Crippen LogP contribution in [0.25, 0.3) is 0 Å². The van der Waals surface area contributed by atoms with E-state index >= 15 is 0 Å². The van der Waals surface area contributed by atoms with Crippen LogP contribution in [0.5, 0.6) is 0 Å². The van der Waals surface area contributed by atoms with E-state index in [1.165, 1.54) is 0 Å². The van der Waals surface area contributed by atoms with Crippen molar-refractivity contribution in [2.75, 3.05) is 6.54 Å². The Morgan fingerprint density at radius 2 is 1.85 bits per heavy atom. The molecule has 0 aliphatic carbocycles. The van der Waals surface area contributed by atoms with E-state index in [9.17, 15) is 5.11 Å². The van der Waals surface area contributed by atoms with Gasteiger partial charge in [0.15, 0.2) is 0 Å². The second-order valence-electron chi connectivity index (χ2n) is 3.49. The van der Waals surface area contributed by atoms with Gasteiger partial charge >= 0.3 is 0 Å². The van der Waals surface area contributed by atoms with Crippen molar-refractivity contribution in [2.24, 2.45) is 10.9 Å². The number of aliphatic hydroxyl groups is 1. The molecule has 0 fully saturated rings. The Bertz CT molecular complexity index is 168. The van der Waals surface area contributed by atoms with E-state index in [0.29, 0.717) is 0 Å². The molecule has 0 heterocycles. The zero-order valence-electron chi connectivity index (χ0n) is 9.17. The third kappa shape index (κ3) is 4.28. The Labute approximate surface area is 111 Å². The number of rotatable bonds is 4. The summed E-state index contributed by atoms with van der Waals surface area (Å²) in [7, 11) is 0. The van der Waals surface area contributed by atoms with Crippen molar-refractivity contribution in [3.05, 3.63) is 0 Å². The fraction of sp³-hybridized carbons (Fsp3) is 0.900. The first kappa shape index (κ1) is 16.3. The molecule has 0 amide bonds. The molecule has 0 saturated carbocycles. The molecule has 0 radical (unpaired) electrons. The van der Waals surface area contributed by atoms with Crippen LogP contribution in [-0.2, 0) is 0 Å². The van der Waals surface area contributed by atoms with E-state index in [1.807, 2.05) is 34.6 Å². The summed E-state index contributed by atoms with van der Waals surface area (Å²) in [5.74, 6) is 0.234. The average Bonchev–Trinajstić information content (AvgIpc) is 2.03. The predicted molar refractivity (Wildman–Crippen MR) is 53.7 cm³/mol. The van der Waals surface area contributed by atoms with Crippen LogP contribution in [-0.4, -0.2) is 23.0 Å².